The summed E-state index contributed by atoms with van der Waals surface area (Å²) in [5.41, 5.74) is 4.36. The van der Waals surface area contributed by atoms with Gasteiger partial charge in [-0.15, -0.1) is 0 Å². The molecule has 0 aromatic heterocycles. The molecule has 0 bridgehead atoms. The Morgan fingerprint density at radius 1 is 1.39 bits per heavy atom. The van der Waals surface area contributed by atoms with E-state index in [1.54, 1.807) is 0 Å². The summed E-state index contributed by atoms with van der Waals surface area (Å²) in [6.07, 6.45) is -3.03. The Balaban J connectivity index is 3.03. The minimum Gasteiger partial charge on any atom is -0.478 e. The summed E-state index contributed by atoms with van der Waals surface area (Å²) in [6.45, 7) is 0. The van der Waals surface area contributed by atoms with Crippen LogP contribution in [0.3, 0.4) is 0 Å². The van der Waals surface area contributed by atoms with Crippen molar-refractivity contribution in [1.29, 1.82) is 0 Å². The number of carboxylic acid groups (broad SMARTS) is 1. The molecule has 98 valence electrons. The van der Waals surface area contributed by atoms with E-state index in [9.17, 15) is 22.4 Å². The molecule has 0 saturated heterocycles. The normalized spacial score (nSPS) is 13.8. The van der Waals surface area contributed by atoms with Gasteiger partial charge in [-0.3, -0.25) is 0 Å². The molecule has 0 amide bonds. The molecule has 0 aliphatic heterocycles. The van der Waals surface area contributed by atoms with Crippen molar-refractivity contribution < 1.29 is 27.5 Å². The maximum atomic E-state index is 13.4. The van der Waals surface area contributed by atoms with Crippen LogP contribution >= 0.6 is 0 Å². The summed E-state index contributed by atoms with van der Waals surface area (Å²) in [7, 11) is 0. The van der Waals surface area contributed by atoms with E-state index in [2.05, 4.69) is 0 Å². The zero-order chi connectivity index (χ0) is 13.9. The van der Waals surface area contributed by atoms with Crippen molar-refractivity contribution in [2.45, 2.75) is 12.2 Å². The third-order valence-corrected chi connectivity index (χ3v) is 2.14. The molecule has 0 unspecified atom stereocenters. The smallest absolute Gasteiger partial charge is 0.407 e. The maximum absolute atomic E-state index is 13.4. The molecule has 0 spiro atoms. The number of rotatable bonds is 3. The number of benzene rings is 1. The van der Waals surface area contributed by atoms with Gasteiger partial charge < -0.3 is 10.8 Å². The Morgan fingerprint density at radius 3 is 2.44 bits per heavy atom. The van der Waals surface area contributed by atoms with Crippen LogP contribution in [0.4, 0.5) is 17.6 Å². The standard InChI is InChI=1S/C11H9F4NO2/c12-8-5-7(10(16)11(13,14)15)2-1-6(8)3-4-9(17)18/h1-5,10H,16H2,(H,17,18)/b4-3+/t10-/m0/s1. The van der Waals surface area contributed by atoms with Gasteiger partial charge in [-0.1, -0.05) is 12.1 Å². The number of carboxylic acids is 1. The average molecular weight is 263 g/mol. The highest BCUT2D eigenvalue weighted by Crippen LogP contribution is 2.31. The number of aliphatic carboxylic acids is 1. The van der Waals surface area contributed by atoms with Crippen LogP contribution < -0.4 is 5.73 Å². The van der Waals surface area contributed by atoms with Crippen LogP contribution in [0, 0.1) is 5.82 Å². The molecule has 0 aliphatic carbocycles. The van der Waals surface area contributed by atoms with Crippen LogP contribution in [-0.4, -0.2) is 17.3 Å². The first-order valence-electron chi connectivity index (χ1n) is 4.74. The van der Waals surface area contributed by atoms with Crippen molar-refractivity contribution >= 4 is 12.0 Å². The molecule has 1 aromatic rings. The summed E-state index contributed by atoms with van der Waals surface area (Å²) in [5.74, 6) is -2.25. The zero-order valence-electron chi connectivity index (χ0n) is 8.91. The monoisotopic (exact) mass is 263 g/mol. The van der Waals surface area contributed by atoms with Crippen LogP contribution in [-0.2, 0) is 4.79 Å². The Bertz CT molecular complexity index is 482. The highest BCUT2D eigenvalue weighted by molar-refractivity contribution is 5.85. The third kappa shape index (κ3) is 3.56. The lowest BCUT2D eigenvalue weighted by atomic mass is 10.0. The van der Waals surface area contributed by atoms with Gasteiger partial charge in [0, 0.05) is 11.6 Å². The summed E-state index contributed by atoms with van der Waals surface area (Å²) in [5, 5.41) is 8.34. The molecule has 0 saturated carbocycles. The summed E-state index contributed by atoms with van der Waals surface area (Å²) < 4.78 is 50.2. The first kappa shape index (κ1) is 14.2. The molecule has 18 heavy (non-hydrogen) atoms. The number of halogens is 4. The largest absolute Gasteiger partial charge is 0.478 e. The minimum absolute atomic E-state index is 0.129. The van der Waals surface area contributed by atoms with Crippen LogP contribution in [0.1, 0.15) is 17.2 Å². The Labute approximate surface area is 99.5 Å². The molecule has 7 heteroatoms. The zero-order valence-corrected chi connectivity index (χ0v) is 8.91. The lowest BCUT2D eigenvalue weighted by molar-refractivity contribution is -0.149. The van der Waals surface area contributed by atoms with Gasteiger partial charge in [0.05, 0.1) is 0 Å². The van der Waals surface area contributed by atoms with E-state index in [4.69, 9.17) is 10.8 Å². The predicted octanol–water partition coefficient (Wildman–Crippen LogP) is 2.49. The van der Waals surface area contributed by atoms with E-state index in [1.165, 1.54) is 0 Å². The first-order chi connectivity index (χ1) is 8.21. The second-order valence-electron chi connectivity index (χ2n) is 3.47. The minimum atomic E-state index is -4.66. The van der Waals surface area contributed by atoms with Crippen LogP contribution in [0.2, 0.25) is 0 Å². The van der Waals surface area contributed by atoms with E-state index in [0.29, 0.717) is 12.1 Å². The lowest BCUT2D eigenvalue weighted by Crippen LogP contribution is -2.28. The van der Waals surface area contributed by atoms with Gasteiger partial charge in [0.15, 0.2) is 0 Å². The van der Waals surface area contributed by atoms with Gasteiger partial charge in [-0.2, -0.15) is 13.2 Å². The molecule has 1 rings (SSSR count). The van der Waals surface area contributed by atoms with Gasteiger partial charge in [0.25, 0.3) is 0 Å². The maximum Gasteiger partial charge on any atom is 0.407 e. The number of hydrogen-bond acceptors (Lipinski definition) is 2. The molecular weight excluding hydrogens is 254 g/mol. The van der Waals surface area contributed by atoms with Crippen molar-refractivity contribution in [2.24, 2.45) is 5.73 Å². The molecule has 3 nitrogen and oxygen atoms in total. The lowest BCUT2D eigenvalue weighted by Gasteiger charge is -2.16. The highest BCUT2D eigenvalue weighted by Gasteiger charge is 2.37. The molecule has 1 aromatic carbocycles. The Kier molecular flexibility index (Phi) is 4.07. The molecule has 0 fully saturated rings. The van der Waals surface area contributed by atoms with E-state index >= 15 is 0 Å². The fourth-order valence-corrected chi connectivity index (χ4v) is 1.22. The van der Waals surface area contributed by atoms with E-state index < -0.39 is 29.6 Å². The topological polar surface area (TPSA) is 63.3 Å². The number of carbonyl (C=O) groups is 1. The van der Waals surface area contributed by atoms with Crippen molar-refractivity contribution in [2.75, 3.05) is 0 Å². The van der Waals surface area contributed by atoms with Gasteiger partial charge in [0.2, 0.25) is 0 Å². The van der Waals surface area contributed by atoms with Crippen LogP contribution in [0.15, 0.2) is 24.3 Å². The number of hydrogen-bond donors (Lipinski definition) is 2. The molecule has 0 aliphatic rings. The fraction of sp³-hybridized carbons (Fsp3) is 0.182. The SMILES string of the molecule is N[C@@H](c1ccc(/C=C/C(=O)O)c(F)c1)C(F)(F)F. The molecular formula is C11H9F4NO2. The van der Waals surface area contributed by atoms with E-state index in [0.717, 1.165) is 18.2 Å². The molecule has 3 N–H and O–H groups in total. The van der Waals surface area contributed by atoms with Crippen LogP contribution in [0.25, 0.3) is 6.08 Å². The Hall–Kier alpha value is -1.89. The first-order valence-corrected chi connectivity index (χ1v) is 4.74. The fourth-order valence-electron chi connectivity index (χ4n) is 1.22. The second-order valence-corrected chi connectivity index (χ2v) is 3.47. The van der Waals surface area contributed by atoms with Crippen molar-refractivity contribution in [3.63, 3.8) is 0 Å². The van der Waals surface area contributed by atoms with E-state index in [1.807, 2.05) is 0 Å². The van der Waals surface area contributed by atoms with Crippen molar-refractivity contribution in [1.82, 2.24) is 0 Å². The van der Waals surface area contributed by atoms with Gasteiger partial charge in [-0.05, 0) is 17.7 Å². The quantitative estimate of drug-likeness (QED) is 0.650. The second kappa shape index (κ2) is 5.18. The third-order valence-electron chi connectivity index (χ3n) is 2.14. The van der Waals surface area contributed by atoms with Gasteiger partial charge in [0.1, 0.15) is 11.9 Å². The Morgan fingerprint density at radius 2 is 2.00 bits per heavy atom. The summed E-state index contributed by atoms with van der Waals surface area (Å²) >= 11 is 0. The number of nitrogens with two attached hydrogens (primary N) is 1. The highest BCUT2D eigenvalue weighted by atomic mass is 19.4. The molecule has 1 atom stereocenters. The van der Waals surface area contributed by atoms with Crippen molar-refractivity contribution in [3.05, 3.63) is 41.2 Å². The molecule has 0 heterocycles. The van der Waals surface area contributed by atoms with E-state index in [-0.39, 0.29) is 5.56 Å². The summed E-state index contributed by atoms with van der Waals surface area (Å²) in [4.78, 5) is 10.2. The van der Waals surface area contributed by atoms with Gasteiger partial charge in [-0.25, -0.2) is 9.18 Å². The van der Waals surface area contributed by atoms with Crippen LogP contribution in [0.5, 0.6) is 0 Å². The van der Waals surface area contributed by atoms with Crippen molar-refractivity contribution in [3.8, 4) is 0 Å². The average Bonchev–Trinajstić information content (AvgIpc) is 2.24. The number of alkyl halides is 3. The summed E-state index contributed by atoms with van der Waals surface area (Å²) in [6, 6.07) is 0.405. The predicted molar refractivity (Wildman–Crippen MR) is 56.1 cm³/mol. The molecule has 0 radical (unpaired) electrons. The van der Waals surface area contributed by atoms with Gasteiger partial charge >= 0.3 is 12.1 Å².